The highest BCUT2D eigenvalue weighted by atomic mass is 35.5. The molecular weight excluding hydrogens is 466 g/mol. The van der Waals surface area contributed by atoms with Crippen LogP contribution in [0.2, 0.25) is 20.1 Å². The number of oxime groups is 1. The number of carbonyl (C=O) groups excluding carboxylic acids is 1. The van der Waals surface area contributed by atoms with Gasteiger partial charge in [0.15, 0.2) is 5.71 Å². The molecule has 0 saturated carbocycles. The first-order valence-electron chi connectivity index (χ1n) is 8.93. The Bertz CT molecular complexity index is 1140. The largest absolute Gasteiger partial charge is 0.390 e. The third-order valence-electron chi connectivity index (χ3n) is 4.65. The van der Waals surface area contributed by atoms with Gasteiger partial charge in [0.1, 0.15) is 6.61 Å². The Morgan fingerprint density at radius 2 is 1.57 bits per heavy atom. The number of para-hydroxylation sites is 1. The van der Waals surface area contributed by atoms with Crippen molar-refractivity contribution >= 4 is 63.7 Å². The first kappa shape index (κ1) is 21.0. The van der Waals surface area contributed by atoms with Gasteiger partial charge < -0.3 is 9.74 Å². The van der Waals surface area contributed by atoms with E-state index in [1.54, 1.807) is 35.2 Å². The second-order valence-electron chi connectivity index (χ2n) is 6.57. The standard InChI is InChI=1S/C22H14Cl4N2O2/c23-16-5-3-6-17(24)15(16)12-30-27-21-14-4-1-2-7-20(14)28(22(21)29)11-13-8-9-18(25)19(26)10-13/h1-10H,11-12H2. The molecule has 0 N–H and O–H groups in total. The molecule has 3 aromatic rings. The molecule has 30 heavy (non-hydrogen) atoms. The normalized spacial score (nSPS) is 14.3. The lowest BCUT2D eigenvalue weighted by Gasteiger charge is -2.17. The molecule has 0 bridgehead atoms. The summed E-state index contributed by atoms with van der Waals surface area (Å²) in [6.07, 6.45) is 0. The van der Waals surface area contributed by atoms with Crippen molar-refractivity contribution in [3.05, 3.63) is 97.4 Å². The lowest BCUT2D eigenvalue weighted by molar-refractivity contribution is -0.112. The highest BCUT2D eigenvalue weighted by molar-refractivity contribution is 6.54. The van der Waals surface area contributed by atoms with Gasteiger partial charge >= 0.3 is 0 Å². The van der Waals surface area contributed by atoms with Gasteiger partial charge in [-0.25, -0.2) is 0 Å². The summed E-state index contributed by atoms with van der Waals surface area (Å²) in [5.41, 5.74) is 3.10. The monoisotopic (exact) mass is 478 g/mol. The van der Waals surface area contributed by atoms with Crippen LogP contribution in [0.4, 0.5) is 5.69 Å². The van der Waals surface area contributed by atoms with Crippen molar-refractivity contribution in [3.63, 3.8) is 0 Å². The average Bonchev–Trinajstić information content (AvgIpc) is 2.99. The number of benzene rings is 3. The van der Waals surface area contributed by atoms with Crippen molar-refractivity contribution in [3.8, 4) is 0 Å². The van der Waals surface area contributed by atoms with Crippen molar-refractivity contribution in [1.29, 1.82) is 0 Å². The molecule has 8 heteroatoms. The van der Waals surface area contributed by atoms with Crippen LogP contribution >= 0.6 is 46.4 Å². The molecule has 0 fully saturated rings. The average molecular weight is 480 g/mol. The summed E-state index contributed by atoms with van der Waals surface area (Å²) in [5, 5.41) is 5.95. The summed E-state index contributed by atoms with van der Waals surface area (Å²) in [7, 11) is 0. The highest BCUT2D eigenvalue weighted by Crippen LogP contribution is 2.32. The first-order valence-corrected chi connectivity index (χ1v) is 10.4. The van der Waals surface area contributed by atoms with E-state index in [1.165, 1.54) is 0 Å². The molecule has 0 aliphatic carbocycles. The Balaban J connectivity index is 1.59. The summed E-state index contributed by atoms with van der Waals surface area (Å²) in [4.78, 5) is 20.2. The van der Waals surface area contributed by atoms with E-state index in [0.29, 0.717) is 37.8 Å². The summed E-state index contributed by atoms with van der Waals surface area (Å²) in [5.74, 6) is -0.271. The van der Waals surface area contributed by atoms with Crippen LogP contribution in [0.25, 0.3) is 0 Å². The highest BCUT2D eigenvalue weighted by Gasteiger charge is 2.34. The Morgan fingerprint density at radius 1 is 0.833 bits per heavy atom. The summed E-state index contributed by atoms with van der Waals surface area (Å²) in [6, 6.07) is 17.8. The predicted octanol–water partition coefficient (Wildman–Crippen LogP) is 6.77. The maximum Gasteiger partial charge on any atom is 0.281 e. The summed E-state index contributed by atoms with van der Waals surface area (Å²) < 4.78 is 0. The van der Waals surface area contributed by atoms with Crippen LogP contribution in [0, 0.1) is 0 Å². The van der Waals surface area contributed by atoms with Gasteiger partial charge in [0.2, 0.25) is 0 Å². The van der Waals surface area contributed by atoms with Crippen LogP contribution in [-0.4, -0.2) is 11.6 Å². The third-order valence-corrected chi connectivity index (χ3v) is 6.10. The van der Waals surface area contributed by atoms with E-state index in [2.05, 4.69) is 5.16 Å². The van der Waals surface area contributed by atoms with Crippen molar-refractivity contribution in [1.82, 2.24) is 0 Å². The molecule has 0 saturated heterocycles. The SMILES string of the molecule is O=C1C(=NOCc2c(Cl)cccc2Cl)c2ccccc2N1Cc1ccc(Cl)c(Cl)c1. The summed E-state index contributed by atoms with van der Waals surface area (Å²) in [6.45, 7) is 0.367. The predicted molar refractivity (Wildman–Crippen MR) is 122 cm³/mol. The fourth-order valence-electron chi connectivity index (χ4n) is 3.16. The van der Waals surface area contributed by atoms with E-state index < -0.39 is 0 Å². The van der Waals surface area contributed by atoms with E-state index in [-0.39, 0.29) is 18.2 Å². The number of amides is 1. The topological polar surface area (TPSA) is 41.9 Å². The minimum Gasteiger partial charge on any atom is -0.390 e. The van der Waals surface area contributed by atoms with Gasteiger partial charge in [0.05, 0.1) is 22.3 Å². The lowest BCUT2D eigenvalue weighted by Crippen LogP contribution is -2.29. The van der Waals surface area contributed by atoms with Crippen molar-refractivity contribution in [2.24, 2.45) is 5.16 Å². The van der Waals surface area contributed by atoms with Crippen LogP contribution in [0.15, 0.2) is 65.8 Å². The molecule has 1 heterocycles. The van der Waals surface area contributed by atoms with Crippen LogP contribution in [0.1, 0.15) is 16.7 Å². The van der Waals surface area contributed by atoms with Gasteiger partial charge in [-0.3, -0.25) is 4.79 Å². The second kappa shape index (κ2) is 8.86. The minimum absolute atomic E-state index is 0.0459. The number of halogens is 4. The number of hydrogen-bond acceptors (Lipinski definition) is 3. The zero-order valence-corrected chi connectivity index (χ0v) is 18.4. The number of anilines is 1. The zero-order chi connectivity index (χ0) is 21.3. The van der Waals surface area contributed by atoms with Crippen LogP contribution in [0.5, 0.6) is 0 Å². The van der Waals surface area contributed by atoms with Crippen molar-refractivity contribution in [2.45, 2.75) is 13.2 Å². The Kier molecular flexibility index (Phi) is 6.21. The Labute approximate surface area is 193 Å². The van der Waals surface area contributed by atoms with E-state index in [4.69, 9.17) is 51.2 Å². The quantitative estimate of drug-likeness (QED) is 0.379. The van der Waals surface area contributed by atoms with Gasteiger partial charge in [0, 0.05) is 21.2 Å². The maximum absolute atomic E-state index is 13.1. The number of hydrogen-bond donors (Lipinski definition) is 0. The molecular formula is C22H14Cl4N2O2. The molecule has 0 spiro atoms. The van der Waals surface area contributed by atoms with Crippen LogP contribution in [-0.2, 0) is 22.8 Å². The molecule has 4 nitrogen and oxygen atoms in total. The zero-order valence-electron chi connectivity index (χ0n) is 15.4. The maximum atomic E-state index is 13.1. The van der Waals surface area contributed by atoms with Crippen molar-refractivity contribution < 1.29 is 9.63 Å². The molecule has 3 aromatic carbocycles. The van der Waals surface area contributed by atoms with E-state index in [1.807, 2.05) is 30.3 Å². The lowest BCUT2D eigenvalue weighted by atomic mass is 10.1. The number of rotatable bonds is 5. The van der Waals surface area contributed by atoms with E-state index in [0.717, 1.165) is 11.3 Å². The van der Waals surface area contributed by atoms with Gasteiger partial charge in [-0.2, -0.15) is 0 Å². The molecule has 1 amide bonds. The van der Waals surface area contributed by atoms with Crippen molar-refractivity contribution in [2.75, 3.05) is 4.90 Å². The molecule has 0 radical (unpaired) electrons. The van der Waals surface area contributed by atoms with E-state index >= 15 is 0 Å². The number of carbonyl (C=O) groups is 1. The Hall–Kier alpha value is -2.24. The fraction of sp³-hybridized carbons (Fsp3) is 0.0909. The molecule has 1 aliphatic heterocycles. The number of nitrogens with zero attached hydrogens (tertiary/aromatic N) is 2. The van der Waals surface area contributed by atoms with Crippen LogP contribution < -0.4 is 4.90 Å². The van der Waals surface area contributed by atoms with Gasteiger partial charge in [-0.1, -0.05) is 81.9 Å². The van der Waals surface area contributed by atoms with Gasteiger partial charge in [-0.15, -0.1) is 0 Å². The minimum atomic E-state index is -0.271. The van der Waals surface area contributed by atoms with Crippen LogP contribution in [0.3, 0.4) is 0 Å². The summed E-state index contributed by atoms with van der Waals surface area (Å²) >= 11 is 24.4. The van der Waals surface area contributed by atoms with E-state index in [9.17, 15) is 4.79 Å². The molecule has 0 unspecified atom stereocenters. The van der Waals surface area contributed by atoms with Gasteiger partial charge in [-0.05, 0) is 35.9 Å². The Morgan fingerprint density at radius 3 is 2.30 bits per heavy atom. The number of fused-ring (bicyclic) bond motifs is 1. The van der Waals surface area contributed by atoms with Gasteiger partial charge in [0.25, 0.3) is 5.91 Å². The third kappa shape index (κ3) is 4.14. The first-order chi connectivity index (χ1) is 14.5. The molecule has 1 aliphatic rings. The fourth-order valence-corrected chi connectivity index (χ4v) is 3.99. The molecule has 152 valence electrons. The molecule has 0 atom stereocenters. The smallest absolute Gasteiger partial charge is 0.281 e. The molecule has 0 aromatic heterocycles. The second-order valence-corrected chi connectivity index (χ2v) is 8.20. The molecule has 4 rings (SSSR count).